The van der Waals surface area contributed by atoms with E-state index in [9.17, 15) is 4.79 Å². The highest BCUT2D eigenvalue weighted by Gasteiger charge is 2.51. The van der Waals surface area contributed by atoms with Crippen LogP contribution in [0.15, 0.2) is 22.8 Å². The first-order valence-corrected chi connectivity index (χ1v) is 8.52. The lowest BCUT2D eigenvalue weighted by atomic mass is 9.50. The number of allylic oxidation sites excluding steroid dienone is 4. The van der Waals surface area contributed by atoms with E-state index < -0.39 is 0 Å². The summed E-state index contributed by atoms with van der Waals surface area (Å²) in [5, 5.41) is 0. The second-order valence-corrected chi connectivity index (χ2v) is 7.85. The second kappa shape index (κ2) is 4.32. The highest BCUT2D eigenvalue weighted by atomic mass is 16.1. The molecule has 4 atom stereocenters. The van der Waals surface area contributed by atoms with E-state index in [1.165, 1.54) is 44.1 Å². The Morgan fingerprint density at radius 3 is 2.80 bits per heavy atom. The number of hydrogen-bond acceptors (Lipinski definition) is 1. The topological polar surface area (TPSA) is 17.1 Å². The van der Waals surface area contributed by atoms with Crippen LogP contribution in [0.5, 0.6) is 0 Å². The van der Waals surface area contributed by atoms with E-state index in [2.05, 4.69) is 13.8 Å². The Balaban J connectivity index is 1.70. The Kier molecular flexibility index (Phi) is 2.78. The van der Waals surface area contributed by atoms with Crippen LogP contribution in [-0.4, -0.2) is 5.78 Å². The molecule has 0 aromatic heterocycles. The van der Waals surface area contributed by atoms with Gasteiger partial charge in [0.15, 0.2) is 5.78 Å². The van der Waals surface area contributed by atoms with E-state index in [0.29, 0.717) is 11.2 Å². The molecule has 2 saturated carbocycles. The summed E-state index contributed by atoms with van der Waals surface area (Å²) < 4.78 is 0. The van der Waals surface area contributed by atoms with Crippen LogP contribution in [0.2, 0.25) is 0 Å². The Bertz CT molecular complexity index is 524. The van der Waals surface area contributed by atoms with Crippen molar-refractivity contribution in [1.29, 1.82) is 0 Å². The van der Waals surface area contributed by atoms with Gasteiger partial charge in [-0.15, -0.1) is 0 Å². The Labute approximate surface area is 122 Å². The molecule has 4 aliphatic rings. The first-order chi connectivity index (χ1) is 9.59. The summed E-state index contributed by atoms with van der Waals surface area (Å²) in [5.41, 5.74) is 5.38. The second-order valence-electron chi connectivity index (χ2n) is 7.85. The zero-order valence-electron chi connectivity index (χ0n) is 12.9. The maximum atomic E-state index is 11.8. The highest BCUT2D eigenvalue weighted by Crippen LogP contribution is 2.61. The molecule has 0 N–H and O–H groups in total. The molecule has 0 saturated heterocycles. The van der Waals surface area contributed by atoms with Crippen LogP contribution >= 0.6 is 0 Å². The SMILES string of the molecule is CC1=C2CC[C@H]3[C@H](CCC4=CC(=O)CC[C@@]43C)[C@@H]2CC1. The zero-order valence-corrected chi connectivity index (χ0v) is 12.9. The number of rotatable bonds is 0. The van der Waals surface area contributed by atoms with Crippen LogP contribution in [-0.2, 0) is 4.79 Å². The van der Waals surface area contributed by atoms with E-state index in [4.69, 9.17) is 0 Å². The van der Waals surface area contributed by atoms with Gasteiger partial charge in [0.2, 0.25) is 0 Å². The number of carbonyl (C=O) groups is 1. The zero-order chi connectivity index (χ0) is 13.9. The van der Waals surface area contributed by atoms with Crippen molar-refractivity contribution >= 4 is 5.78 Å². The van der Waals surface area contributed by atoms with Crippen molar-refractivity contribution in [2.24, 2.45) is 23.2 Å². The molecule has 0 aromatic rings. The fourth-order valence-corrected chi connectivity index (χ4v) is 5.97. The number of carbonyl (C=O) groups excluding carboxylic acids is 1. The summed E-state index contributed by atoms with van der Waals surface area (Å²) in [6.45, 7) is 4.84. The maximum Gasteiger partial charge on any atom is 0.155 e. The van der Waals surface area contributed by atoms with Crippen molar-refractivity contribution in [3.05, 3.63) is 22.8 Å². The molecule has 0 radical (unpaired) electrons. The van der Waals surface area contributed by atoms with Gasteiger partial charge in [0, 0.05) is 6.42 Å². The molecule has 0 unspecified atom stereocenters. The normalized spacial score (nSPS) is 43.8. The predicted molar refractivity (Wildman–Crippen MR) is 81.3 cm³/mol. The first-order valence-electron chi connectivity index (χ1n) is 8.52. The van der Waals surface area contributed by atoms with Crippen molar-refractivity contribution in [2.75, 3.05) is 0 Å². The van der Waals surface area contributed by atoms with Crippen LogP contribution in [0.1, 0.15) is 65.2 Å². The lowest BCUT2D eigenvalue weighted by Crippen LogP contribution is -2.45. The maximum absolute atomic E-state index is 11.8. The molecule has 20 heavy (non-hydrogen) atoms. The van der Waals surface area contributed by atoms with Gasteiger partial charge in [-0.3, -0.25) is 4.79 Å². The van der Waals surface area contributed by atoms with Gasteiger partial charge in [-0.1, -0.05) is 23.6 Å². The highest BCUT2D eigenvalue weighted by molar-refractivity contribution is 5.91. The third-order valence-corrected chi connectivity index (χ3v) is 7.11. The largest absolute Gasteiger partial charge is 0.295 e. The van der Waals surface area contributed by atoms with E-state index in [1.54, 1.807) is 5.57 Å². The quantitative estimate of drug-likeness (QED) is 0.576. The van der Waals surface area contributed by atoms with Gasteiger partial charge in [-0.05, 0) is 81.1 Å². The lowest BCUT2D eigenvalue weighted by Gasteiger charge is -2.54. The minimum absolute atomic E-state index is 0.346. The summed E-state index contributed by atoms with van der Waals surface area (Å²) in [4.78, 5) is 11.8. The van der Waals surface area contributed by atoms with Crippen LogP contribution in [0.4, 0.5) is 0 Å². The van der Waals surface area contributed by atoms with E-state index in [-0.39, 0.29) is 0 Å². The molecule has 4 aliphatic carbocycles. The molecule has 1 nitrogen and oxygen atoms in total. The van der Waals surface area contributed by atoms with E-state index >= 15 is 0 Å². The number of fused-ring (bicyclic) bond motifs is 5. The van der Waals surface area contributed by atoms with Crippen LogP contribution in [0.3, 0.4) is 0 Å². The van der Waals surface area contributed by atoms with Gasteiger partial charge in [0.1, 0.15) is 0 Å². The summed E-state index contributed by atoms with van der Waals surface area (Å²) in [7, 11) is 0. The van der Waals surface area contributed by atoms with E-state index in [0.717, 1.165) is 30.6 Å². The minimum atomic E-state index is 0.346. The van der Waals surface area contributed by atoms with Crippen LogP contribution in [0, 0.1) is 23.2 Å². The molecule has 0 bridgehead atoms. The monoisotopic (exact) mass is 270 g/mol. The van der Waals surface area contributed by atoms with Crippen LogP contribution in [0.25, 0.3) is 0 Å². The van der Waals surface area contributed by atoms with Gasteiger partial charge < -0.3 is 0 Å². The number of hydrogen-bond donors (Lipinski definition) is 0. The molecular formula is C19H26O. The van der Waals surface area contributed by atoms with Gasteiger partial charge in [0.25, 0.3) is 0 Å². The van der Waals surface area contributed by atoms with Crippen molar-refractivity contribution in [3.63, 3.8) is 0 Å². The Hall–Kier alpha value is -0.850. The lowest BCUT2D eigenvalue weighted by molar-refractivity contribution is -0.116. The molecular weight excluding hydrogens is 244 g/mol. The molecule has 0 aromatic carbocycles. The van der Waals surface area contributed by atoms with Gasteiger partial charge in [0.05, 0.1) is 0 Å². The summed E-state index contributed by atoms with van der Waals surface area (Å²) in [5.74, 6) is 3.02. The van der Waals surface area contributed by atoms with E-state index in [1.807, 2.05) is 11.6 Å². The van der Waals surface area contributed by atoms with Crippen molar-refractivity contribution in [3.8, 4) is 0 Å². The molecule has 1 heteroatoms. The molecule has 108 valence electrons. The molecule has 0 amide bonds. The average molecular weight is 270 g/mol. The van der Waals surface area contributed by atoms with Crippen molar-refractivity contribution in [1.82, 2.24) is 0 Å². The summed E-state index contributed by atoms with van der Waals surface area (Å²) >= 11 is 0. The fraction of sp³-hybridized carbons (Fsp3) is 0.737. The molecule has 0 spiro atoms. The fourth-order valence-electron chi connectivity index (χ4n) is 5.97. The van der Waals surface area contributed by atoms with Gasteiger partial charge in [-0.2, -0.15) is 0 Å². The standard InChI is InChI=1S/C19H26O/c1-12-3-5-16-15(12)7-8-18-17(16)6-4-13-11-14(20)9-10-19(13,18)2/h11,16-18H,3-10H2,1-2H3/t16-,17-,18+,19+/m1/s1. The third-order valence-electron chi connectivity index (χ3n) is 7.11. The van der Waals surface area contributed by atoms with Gasteiger partial charge >= 0.3 is 0 Å². The summed E-state index contributed by atoms with van der Waals surface area (Å²) in [6.07, 6.45) is 11.9. The molecule has 2 fully saturated rings. The minimum Gasteiger partial charge on any atom is -0.295 e. The average Bonchev–Trinajstić information content (AvgIpc) is 2.82. The summed E-state index contributed by atoms with van der Waals surface area (Å²) in [6, 6.07) is 0. The van der Waals surface area contributed by atoms with Crippen LogP contribution < -0.4 is 0 Å². The molecule has 0 aliphatic heterocycles. The smallest absolute Gasteiger partial charge is 0.155 e. The van der Waals surface area contributed by atoms with Crippen molar-refractivity contribution < 1.29 is 4.79 Å². The Morgan fingerprint density at radius 2 is 1.95 bits per heavy atom. The van der Waals surface area contributed by atoms with Gasteiger partial charge in [-0.25, -0.2) is 0 Å². The Morgan fingerprint density at radius 1 is 1.10 bits per heavy atom. The number of ketones is 1. The molecule has 0 heterocycles. The molecule has 4 rings (SSSR count). The predicted octanol–water partition coefficient (Wildman–Crippen LogP) is 4.83. The first kappa shape index (κ1) is 12.9. The third kappa shape index (κ3) is 1.64. The van der Waals surface area contributed by atoms with Crippen molar-refractivity contribution in [2.45, 2.75) is 65.2 Å².